The lowest BCUT2D eigenvalue weighted by atomic mass is 10.0. The van der Waals surface area contributed by atoms with Crippen LogP contribution in [0.3, 0.4) is 0 Å². The van der Waals surface area contributed by atoms with Gasteiger partial charge in [0.25, 0.3) is 0 Å². The van der Waals surface area contributed by atoms with E-state index in [1.54, 1.807) is 0 Å². The van der Waals surface area contributed by atoms with E-state index in [9.17, 15) is 0 Å². The molecule has 2 heteroatoms. The molecule has 0 aliphatic carbocycles. The first-order valence-corrected chi connectivity index (χ1v) is 6.80. The Morgan fingerprint density at radius 1 is 1.18 bits per heavy atom. The molecule has 0 unspecified atom stereocenters. The molecule has 1 fully saturated rings. The van der Waals surface area contributed by atoms with E-state index in [2.05, 4.69) is 41.8 Å². The van der Waals surface area contributed by atoms with Crippen LogP contribution in [0.2, 0.25) is 0 Å². The van der Waals surface area contributed by atoms with Crippen LogP contribution in [0.1, 0.15) is 26.7 Å². The molecule has 17 heavy (non-hydrogen) atoms. The maximum atomic E-state index is 3.08. The van der Waals surface area contributed by atoms with Crippen LogP contribution in [0.4, 0.5) is 5.69 Å². The maximum absolute atomic E-state index is 3.08. The fourth-order valence-electron chi connectivity index (χ4n) is 2.82. The first-order valence-electron chi connectivity index (χ1n) is 6.80. The summed E-state index contributed by atoms with van der Waals surface area (Å²) < 4.78 is 0. The molecule has 0 aromatic heterocycles. The van der Waals surface area contributed by atoms with Crippen molar-refractivity contribution >= 4 is 5.69 Å². The van der Waals surface area contributed by atoms with Crippen molar-refractivity contribution < 1.29 is 0 Å². The van der Waals surface area contributed by atoms with Crippen molar-refractivity contribution in [1.29, 1.82) is 0 Å². The Hall–Kier alpha value is -1.02. The summed E-state index contributed by atoms with van der Waals surface area (Å²) in [4.78, 5) is 5.09. The van der Waals surface area contributed by atoms with E-state index in [1.165, 1.54) is 44.7 Å². The molecule has 1 aromatic carbocycles. The molecular formula is C15H23N2. The second kappa shape index (κ2) is 6.06. The van der Waals surface area contributed by atoms with Crippen LogP contribution < -0.4 is 4.90 Å². The molecule has 1 heterocycles. The second-order valence-electron chi connectivity index (χ2n) is 4.70. The Morgan fingerprint density at radius 3 is 2.29 bits per heavy atom. The van der Waals surface area contributed by atoms with Gasteiger partial charge >= 0.3 is 0 Å². The quantitative estimate of drug-likeness (QED) is 0.786. The van der Waals surface area contributed by atoms with E-state index in [-0.39, 0.29) is 0 Å². The largest absolute Gasteiger partial charge is 0.371 e. The number of hydrogen-bond acceptors (Lipinski definition) is 2. The van der Waals surface area contributed by atoms with Gasteiger partial charge in [-0.3, -0.25) is 0 Å². The molecule has 0 bridgehead atoms. The Kier molecular flexibility index (Phi) is 4.43. The van der Waals surface area contributed by atoms with Gasteiger partial charge in [0.2, 0.25) is 0 Å². The summed E-state index contributed by atoms with van der Waals surface area (Å²) in [7, 11) is 0. The fourth-order valence-corrected chi connectivity index (χ4v) is 2.82. The molecule has 1 radical (unpaired) electrons. The number of nitrogens with zero attached hydrogens (tertiary/aromatic N) is 2. The highest BCUT2D eigenvalue weighted by molar-refractivity contribution is 5.46. The summed E-state index contributed by atoms with van der Waals surface area (Å²) in [6.07, 6.45) is 2.58. The lowest BCUT2D eigenvalue weighted by molar-refractivity contribution is 0.186. The zero-order valence-electron chi connectivity index (χ0n) is 11.0. The highest BCUT2D eigenvalue weighted by atomic mass is 15.2. The zero-order valence-corrected chi connectivity index (χ0v) is 11.0. The Morgan fingerprint density at radius 2 is 1.76 bits per heavy atom. The van der Waals surface area contributed by atoms with E-state index in [0.717, 1.165) is 6.04 Å². The number of piperidine rings is 1. The molecule has 0 saturated carbocycles. The Balaban J connectivity index is 1.90. The lowest BCUT2D eigenvalue weighted by Crippen LogP contribution is -2.44. The summed E-state index contributed by atoms with van der Waals surface area (Å²) in [6.45, 7) is 9.27. The summed E-state index contributed by atoms with van der Waals surface area (Å²) in [5, 5.41) is 0. The van der Waals surface area contributed by atoms with Gasteiger partial charge in [0.1, 0.15) is 0 Å². The molecular weight excluding hydrogens is 208 g/mol. The van der Waals surface area contributed by atoms with Crippen LogP contribution in [0.5, 0.6) is 0 Å². The zero-order chi connectivity index (χ0) is 12.1. The average Bonchev–Trinajstić information content (AvgIpc) is 2.42. The number of rotatable bonds is 4. The summed E-state index contributed by atoms with van der Waals surface area (Å²) >= 11 is 0. The van der Waals surface area contributed by atoms with Crippen molar-refractivity contribution in [2.24, 2.45) is 0 Å². The molecule has 0 amide bonds. The SMILES string of the molecule is CCN(CC)C1CCN(c2cc[c]cc2)CC1. The molecule has 1 saturated heterocycles. The molecule has 1 aliphatic rings. The predicted octanol–water partition coefficient (Wildman–Crippen LogP) is 2.80. The van der Waals surface area contributed by atoms with Crippen LogP contribution in [0.25, 0.3) is 0 Å². The van der Waals surface area contributed by atoms with Crippen molar-refractivity contribution in [2.75, 3.05) is 31.1 Å². The first-order chi connectivity index (χ1) is 8.35. The van der Waals surface area contributed by atoms with Gasteiger partial charge in [-0.2, -0.15) is 0 Å². The summed E-state index contributed by atoms with van der Waals surface area (Å²) in [5.74, 6) is 0. The minimum absolute atomic E-state index is 0.788. The maximum Gasteiger partial charge on any atom is 0.0366 e. The van der Waals surface area contributed by atoms with Gasteiger partial charge in [0, 0.05) is 24.8 Å². The minimum Gasteiger partial charge on any atom is -0.371 e. The van der Waals surface area contributed by atoms with Gasteiger partial charge < -0.3 is 9.80 Å². The van der Waals surface area contributed by atoms with E-state index in [4.69, 9.17) is 0 Å². The lowest BCUT2D eigenvalue weighted by Gasteiger charge is -2.38. The third-order valence-electron chi connectivity index (χ3n) is 3.86. The molecule has 0 spiro atoms. The van der Waals surface area contributed by atoms with Gasteiger partial charge in [-0.05, 0) is 44.1 Å². The van der Waals surface area contributed by atoms with Gasteiger partial charge in [-0.25, -0.2) is 0 Å². The van der Waals surface area contributed by atoms with E-state index >= 15 is 0 Å². The second-order valence-corrected chi connectivity index (χ2v) is 4.70. The standard InChI is InChI=1S/C15H23N2/c1-3-16(4-2)15-10-12-17(13-11-15)14-8-6-5-7-9-14/h6-9,15H,3-4,10-13H2,1-2H3. The monoisotopic (exact) mass is 231 g/mol. The summed E-state index contributed by atoms with van der Waals surface area (Å²) in [5.41, 5.74) is 1.35. The van der Waals surface area contributed by atoms with E-state index in [1.807, 2.05) is 12.1 Å². The average molecular weight is 231 g/mol. The van der Waals surface area contributed by atoms with Gasteiger partial charge in [0.05, 0.1) is 0 Å². The van der Waals surface area contributed by atoms with Crippen LogP contribution in [-0.4, -0.2) is 37.1 Å². The Labute approximate surface area is 105 Å². The normalized spacial score (nSPS) is 17.7. The first kappa shape index (κ1) is 12.4. The number of anilines is 1. The van der Waals surface area contributed by atoms with Gasteiger partial charge in [-0.15, -0.1) is 0 Å². The van der Waals surface area contributed by atoms with Gasteiger partial charge in [-0.1, -0.05) is 26.0 Å². The van der Waals surface area contributed by atoms with Crippen molar-refractivity contribution in [2.45, 2.75) is 32.7 Å². The van der Waals surface area contributed by atoms with Crippen LogP contribution in [0, 0.1) is 6.07 Å². The van der Waals surface area contributed by atoms with Crippen LogP contribution in [0.15, 0.2) is 24.3 Å². The molecule has 1 aliphatic heterocycles. The minimum atomic E-state index is 0.788. The highest BCUT2D eigenvalue weighted by Crippen LogP contribution is 2.21. The van der Waals surface area contributed by atoms with Crippen LogP contribution in [-0.2, 0) is 0 Å². The third-order valence-corrected chi connectivity index (χ3v) is 3.86. The van der Waals surface area contributed by atoms with Crippen LogP contribution >= 0.6 is 0 Å². The molecule has 1 aromatic rings. The highest BCUT2D eigenvalue weighted by Gasteiger charge is 2.22. The fraction of sp³-hybridized carbons (Fsp3) is 0.600. The van der Waals surface area contributed by atoms with E-state index < -0.39 is 0 Å². The molecule has 0 N–H and O–H groups in total. The molecule has 0 atom stereocenters. The Bertz CT molecular complexity index is 311. The molecule has 2 rings (SSSR count). The van der Waals surface area contributed by atoms with Crippen molar-refractivity contribution in [3.8, 4) is 0 Å². The topological polar surface area (TPSA) is 6.48 Å². The third kappa shape index (κ3) is 3.01. The van der Waals surface area contributed by atoms with E-state index in [0.29, 0.717) is 0 Å². The predicted molar refractivity (Wildman–Crippen MR) is 73.4 cm³/mol. The smallest absolute Gasteiger partial charge is 0.0366 e. The molecule has 93 valence electrons. The summed E-state index contributed by atoms with van der Waals surface area (Å²) in [6, 6.07) is 12.2. The van der Waals surface area contributed by atoms with Crippen molar-refractivity contribution in [3.05, 3.63) is 30.3 Å². The van der Waals surface area contributed by atoms with Gasteiger partial charge in [0.15, 0.2) is 0 Å². The van der Waals surface area contributed by atoms with Crippen molar-refractivity contribution in [1.82, 2.24) is 4.90 Å². The number of benzene rings is 1. The molecule has 2 nitrogen and oxygen atoms in total. The number of hydrogen-bond donors (Lipinski definition) is 0. The van der Waals surface area contributed by atoms with Crippen molar-refractivity contribution in [3.63, 3.8) is 0 Å².